The molecule has 0 unspecified atom stereocenters. The van der Waals surface area contributed by atoms with Gasteiger partial charge in [-0.2, -0.15) is 0 Å². The molecule has 0 spiro atoms. The molecule has 0 aliphatic rings. The molecule has 0 aliphatic heterocycles. The van der Waals surface area contributed by atoms with E-state index in [9.17, 15) is 0 Å². The summed E-state index contributed by atoms with van der Waals surface area (Å²) in [4.78, 5) is 0. The summed E-state index contributed by atoms with van der Waals surface area (Å²) in [5, 5.41) is 0. The molecule has 2 radical (unpaired) electrons. The van der Waals surface area contributed by atoms with Crippen molar-refractivity contribution >= 4 is 16.1 Å². The Labute approximate surface area is 74.9 Å². The quantitative estimate of drug-likeness (QED) is 0.655. The van der Waals surface area contributed by atoms with Crippen LogP contribution in [0, 0.1) is 0 Å². The summed E-state index contributed by atoms with van der Waals surface area (Å²) >= 11 is 0. The maximum Gasteiger partial charge on any atom is 0.520 e. The van der Waals surface area contributed by atoms with Crippen molar-refractivity contribution in [3.05, 3.63) is 36.4 Å². The monoisotopic (exact) mass is 178 g/mol. The van der Waals surface area contributed by atoms with Gasteiger partial charge in [-0.3, -0.25) is 0 Å². The summed E-state index contributed by atoms with van der Waals surface area (Å²) in [6.07, 6.45) is 1.79. The molecule has 1 rings (SSSR count). The van der Waals surface area contributed by atoms with E-state index >= 15 is 0 Å². The number of benzene rings is 1. The van der Waals surface area contributed by atoms with Crippen molar-refractivity contribution in [1.82, 2.24) is 0 Å². The predicted molar refractivity (Wildman–Crippen MR) is 49.9 cm³/mol. The molecule has 0 atom stereocenters. The molecule has 1 aromatic rings. The fourth-order valence-corrected chi connectivity index (χ4v) is 1.08. The molecule has 0 aliphatic carbocycles. The van der Waals surface area contributed by atoms with Gasteiger partial charge < -0.3 is 8.85 Å². The normalized spacial score (nSPS) is 9.42. The molecule has 62 valence electrons. The van der Waals surface area contributed by atoms with Gasteiger partial charge in [0.05, 0.1) is 0 Å². The van der Waals surface area contributed by atoms with E-state index in [1.54, 1.807) is 13.2 Å². The highest BCUT2D eigenvalue weighted by Crippen LogP contribution is 2.11. The predicted octanol–water partition coefficient (Wildman–Crippen LogP) is 1.89. The summed E-state index contributed by atoms with van der Waals surface area (Å²) in [6, 6.07) is 7.68. The fraction of sp³-hybridized carbons (Fsp3) is 0.111. The van der Waals surface area contributed by atoms with Crippen LogP contribution in [0.5, 0.6) is 5.75 Å². The Morgan fingerprint density at radius 1 is 1.33 bits per heavy atom. The van der Waals surface area contributed by atoms with Crippen molar-refractivity contribution in [3.8, 4) is 5.75 Å². The maximum atomic E-state index is 5.23. The molecule has 0 aromatic heterocycles. The molecule has 0 bridgehead atoms. The Bertz CT molecular complexity index is 243. The summed E-state index contributed by atoms with van der Waals surface area (Å²) in [6.45, 7) is 3.66. The van der Waals surface area contributed by atoms with Crippen molar-refractivity contribution < 1.29 is 8.85 Å². The molecule has 0 saturated carbocycles. The second kappa shape index (κ2) is 4.74. The Morgan fingerprint density at radius 3 is 2.50 bits per heavy atom. The lowest BCUT2D eigenvalue weighted by atomic mass is 10.2. The van der Waals surface area contributed by atoms with E-state index in [4.69, 9.17) is 8.85 Å². The maximum absolute atomic E-state index is 5.23. The van der Waals surface area contributed by atoms with Crippen LogP contribution in [0.3, 0.4) is 0 Å². The van der Waals surface area contributed by atoms with Gasteiger partial charge in [-0.1, -0.05) is 24.8 Å². The Kier molecular flexibility index (Phi) is 3.57. The highest BCUT2D eigenvalue weighted by molar-refractivity contribution is 6.19. The van der Waals surface area contributed by atoms with Crippen molar-refractivity contribution in [3.63, 3.8) is 0 Å². The molecule has 0 heterocycles. The SMILES string of the molecule is C=Cc1ccc(O[Si]OC)cc1. The van der Waals surface area contributed by atoms with E-state index < -0.39 is 0 Å². The average Bonchev–Trinajstić information content (AvgIpc) is 2.15. The van der Waals surface area contributed by atoms with Gasteiger partial charge in [-0.25, -0.2) is 0 Å². The molecule has 2 nitrogen and oxygen atoms in total. The summed E-state index contributed by atoms with van der Waals surface area (Å²) < 4.78 is 10.0. The van der Waals surface area contributed by atoms with E-state index in [1.807, 2.05) is 24.3 Å². The fourth-order valence-electron chi connectivity index (χ4n) is 0.762. The van der Waals surface area contributed by atoms with Gasteiger partial charge in [0.15, 0.2) is 0 Å². The van der Waals surface area contributed by atoms with Crippen LogP contribution in [0.2, 0.25) is 0 Å². The van der Waals surface area contributed by atoms with Crippen LogP contribution in [0.4, 0.5) is 0 Å². The third kappa shape index (κ3) is 2.52. The lowest BCUT2D eigenvalue weighted by Gasteiger charge is -2.01. The lowest BCUT2D eigenvalue weighted by Crippen LogP contribution is -2.03. The van der Waals surface area contributed by atoms with Gasteiger partial charge in [0.25, 0.3) is 0 Å². The molecule has 0 N–H and O–H groups in total. The zero-order valence-corrected chi connectivity index (χ0v) is 7.91. The van der Waals surface area contributed by atoms with Gasteiger partial charge in [-0.15, -0.1) is 0 Å². The van der Waals surface area contributed by atoms with E-state index in [1.165, 1.54) is 0 Å². The van der Waals surface area contributed by atoms with Crippen LogP contribution in [0.25, 0.3) is 6.08 Å². The molecular formula is C9H10O2Si. The minimum absolute atomic E-state index is 0.0639. The first-order valence-electron chi connectivity index (χ1n) is 3.54. The van der Waals surface area contributed by atoms with Crippen LogP contribution >= 0.6 is 0 Å². The first-order valence-corrected chi connectivity index (χ1v) is 4.36. The molecular weight excluding hydrogens is 168 g/mol. The first-order chi connectivity index (χ1) is 5.86. The van der Waals surface area contributed by atoms with Crippen molar-refractivity contribution in [1.29, 1.82) is 0 Å². The molecule has 0 fully saturated rings. The lowest BCUT2D eigenvalue weighted by molar-refractivity contribution is 0.366. The second-order valence-electron chi connectivity index (χ2n) is 2.16. The van der Waals surface area contributed by atoms with Crippen LogP contribution in [0.1, 0.15) is 5.56 Å². The van der Waals surface area contributed by atoms with Gasteiger partial charge in [0.2, 0.25) is 0 Å². The highest BCUT2D eigenvalue weighted by atomic mass is 28.3. The van der Waals surface area contributed by atoms with E-state index in [0.29, 0.717) is 0 Å². The molecule has 3 heteroatoms. The topological polar surface area (TPSA) is 18.5 Å². The van der Waals surface area contributed by atoms with Gasteiger partial charge >= 0.3 is 10.0 Å². The third-order valence-corrected chi connectivity index (χ3v) is 1.84. The smallest absolute Gasteiger partial charge is 0.518 e. The Hall–Kier alpha value is -1.06. The minimum Gasteiger partial charge on any atom is -0.518 e. The largest absolute Gasteiger partial charge is 0.520 e. The van der Waals surface area contributed by atoms with Crippen molar-refractivity contribution in [2.45, 2.75) is 0 Å². The highest BCUT2D eigenvalue weighted by Gasteiger charge is 1.93. The first kappa shape index (κ1) is 9.03. The van der Waals surface area contributed by atoms with Crippen LogP contribution < -0.4 is 4.43 Å². The summed E-state index contributed by atoms with van der Waals surface area (Å²) in [5.41, 5.74) is 1.09. The van der Waals surface area contributed by atoms with Crippen molar-refractivity contribution in [2.75, 3.05) is 7.11 Å². The van der Waals surface area contributed by atoms with Crippen LogP contribution in [-0.4, -0.2) is 17.1 Å². The standard InChI is InChI=1S/C9H10O2Si/c1-3-8-4-6-9(7-5-8)11-12-10-2/h3-7H,1H2,2H3. The molecule has 0 amide bonds. The van der Waals surface area contributed by atoms with Gasteiger partial charge in [0.1, 0.15) is 5.75 Å². The zero-order valence-electron chi connectivity index (χ0n) is 6.91. The van der Waals surface area contributed by atoms with Crippen molar-refractivity contribution in [2.24, 2.45) is 0 Å². The number of rotatable bonds is 4. The Balaban J connectivity index is 2.58. The third-order valence-electron chi connectivity index (χ3n) is 1.36. The van der Waals surface area contributed by atoms with E-state index in [-0.39, 0.29) is 10.0 Å². The van der Waals surface area contributed by atoms with E-state index in [0.717, 1.165) is 11.3 Å². The number of hydrogen-bond acceptors (Lipinski definition) is 2. The summed E-state index contributed by atoms with van der Waals surface area (Å²) in [5.74, 6) is 0.820. The molecule has 1 aromatic carbocycles. The van der Waals surface area contributed by atoms with E-state index in [2.05, 4.69) is 6.58 Å². The second-order valence-corrected chi connectivity index (χ2v) is 2.94. The Morgan fingerprint density at radius 2 is 2.00 bits per heavy atom. The van der Waals surface area contributed by atoms with Gasteiger partial charge in [-0.05, 0) is 17.7 Å². The zero-order chi connectivity index (χ0) is 8.81. The molecule has 0 saturated heterocycles. The van der Waals surface area contributed by atoms with Gasteiger partial charge in [0, 0.05) is 7.11 Å². The average molecular weight is 178 g/mol. The minimum atomic E-state index is 0.0639. The number of hydrogen-bond donors (Lipinski definition) is 0. The van der Waals surface area contributed by atoms with Crippen LogP contribution in [0.15, 0.2) is 30.8 Å². The summed E-state index contributed by atoms with van der Waals surface area (Å²) in [7, 11) is 1.67. The molecule has 12 heavy (non-hydrogen) atoms. The van der Waals surface area contributed by atoms with Crippen LogP contribution in [-0.2, 0) is 4.43 Å².